The first-order valence-corrected chi connectivity index (χ1v) is 12.9. The Labute approximate surface area is 229 Å². The van der Waals surface area contributed by atoms with Crippen LogP contribution in [0.15, 0.2) is 30.5 Å². The number of piperidine rings is 1. The monoisotopic (exact) mass is 553 g/mol. The van der Waals surface area contributed by atoms with E-state index in [1.165, 1.54) is 19.2 Å². The minimum absolute atomic E-state index is 0.0116. The quantitative estimate of drug-likeness (QED) is 0.598. The van der Waals surface area contributed by atoms with Crippen LogP contribution in [0.25, 0.3) is 11.1 Å². The number of anilines is 1. The van der Waals surface area contributed by atoms with Gasteiger partial charge in [0.1, 0.15) is 28.8 Å². The molecule has 3 heterocycles. The smallest absolute Gasteiger partial charge is 0.414 e. The summed E-state index contributed by atoms with van der Waals surface area (Å²) in [4.78, 5) is 42.9. The van der Waals surface area contributed by atoms with Gasteiger partial charge in [0, 0.05) is 43.6 Å². The van der Waals surface area contributed by atoms with Gasteiger partial charge in [-0.1, -0.05) is 6.07 Å². The number of halogens is 2. The van der Waals surface area contributed by atoms with E-state index in [0.717, 1.165) is 17.0 Å². The molecule has 5 rings (SSSR count). The molecule has 1 N–H and O–H groups in total. The number of hydrogen-bond acceptors (Lipinski definition) is 7. The van der Waals surface area contributed by atoms with Crippen LogP contribution >= 0.6 is 0 Å². The summed E-state index contributed by atoms with van der Waals surface area (Å²) in [6, 6.07) is 7.55. The number of likely N-dealkylation sites (tertiary alicyclic amines) is 1. The number of carbonyl (C=O) groups is 3. The summed E-state index contributed by atoms with van der Waals surface area (Å²) in [5.41, 5.74) is -1.16. The molecule has 12 heteroatoms. The van der Waals surface area contributed by atoms with E-state index >= 15 is 8.78 Å². The summed E-state index contributed by atoms with van der Waals surface area (Å²) in [5, 5.41) is 12.6. The summed E-state index contributed by atoms with van der Waals surface area (Å²) >= 11 is 0. The van der Waals surface area contributed by atoms with Crippen molar-refractivity contribution in [3.63, 3.8) is 0 Å². The van der Waals surface area contributed by atoms with Crippen molar-refractivity contribution in [1.29, 1.82) is 5.26 Å². The second-order valence-corrected chi connectivity index (χ2v) is 11.3. The van der Waals surface area contributed by atoms with Crippen LogP contribution in [-0.4, -0.2) is 65.9 Å². The molecule has 4 atom stereocenters. The average Bonchev–Trinajstić information content (AvgIpc) is 3.15. The number of rotatable bonds is 5. The van der Waals surface area contributed by atoms with Crippen molar-refractivity contribution < 1.29 is 32.6 Å². The largest absolute Gasteiger partial charge is 0.444 e. The van der Waals surface area contributed by atoms with Crippen molar-refractivity contribution in [3.05, 3.63) is 47.8 Å². The summed E-state index contributed by atoms with van der Waals surface area (Å²) in [6.07, 6.45) is -0.516. The average molecular weight is 554 g/mol. The number of hydrogen-bond donors (Lipinski definition) is 1. The number of fused-ring (bicyclic) bond motifs is 1. The van der Waals surface area contributed by atoms with Crippen LogP contribution in [0, 0.1) is 34.8 Å². The van der Waals surface area contributed by atoms with Crippen molar-refractivity contribution in [2.45, 2.75) is 44.8 Å². The lowest BCUT2D eigenvalue weighted by Gasteiger charge is -2.27. The van der Waals surface area contributed by atoms with E-state index in [0.29, 0.717) is 18.8 Å². The molecule has 1 aromatic heterocycles. The molecule has 2 saturated heterocycles. The second kappa shape index (κ2) is 9.73. The fourth-order valence-electron chi connectivity index (χ4n) is 5.58. The molecule has 1 aromatic carbocycles. The van der Waals surface area contributed by atoms with Crippen molar-refractivity contribution in [2.24, 2.45) is 11.8 Å². The third-order valence-corrected chi connectivity index (χ3v) is 7.48. The van der Waals surface area contributed by atoms with E-state index < -0.39 is 40.9 Å². The van der Waals surface area contributed by atoms with E-state index in [9.17, 15) is 19.6 Å². The highest BCUT2D eigenvalue weighted by Crippen LogP contribution is 2.62. The first-order chi connectivity index (χ1) is 18.8. The maximum Gasteiger partial charge on any atom is 0.414 e. The number of amides is 3. The number of benzene rings is 1. The van der Waals surface area contributed by atoms with Gasteiger partial charge in [0.2, 0.25) is 5.91 Å². The van der Waals surface area contributed by atoms with Crippen LogP contribution in [0.1, 0.15) is 33.4 Å². The van der Waals surface area contributed by atoms with Gasteiger partial charge in [0.15, 0.2) is 0 Å². The molecule has 10 nitrogen and oxygen atoms in total. The first-order valence-electron chi connectivity index (χ1n) is 12.9. The predicted molar refractivity (Wildman–Crippen MR) is 138 cm³/mol. The predicted octanol–water partition coefficient (Wildman–Crippen LogP) is 3.75. The number of carbonyl (C=O) groups excluding carboxylic acids is 3. The van der Waals surface area contributed by atoms with E-state index in [1.807, 2.05) is 0 Å². The van der Waals surface area contributed by atoms with E-state index in [-0.39, 0.29) is 47.6 Å². The molecule has 2 aliphatic heterocycles. The van der Waals surface area contributed by atoms with Gasteiger partial charge in [-0.3, -0.25) is 14.7 Å². The highest BCUT2D eigenvalue weighted by molar-refractivity contribution is 5.90. The van der Waals surface area contributed by atoms with Gasteiger partial charge in [-0.15, -0.1) is 0 Å². The zero-order chi connectivity index (χ0) is 29.0. The number of pyridine rings is 1. The minimum atomic E-state index is -0.894. The first kappa shape index (κ1) is 27.3. The second-order valence-electron chi connectivity index (χ2n) is 11.3. The number of nitrogens with one attached hydrogen (secondary N) is 1. The molecule has 0 spiro atoms. The summed E-state index contributed by atoms with van der Waals surface area (Å²) in [7, 11) is 0. The van der Waals surface area contributed by atoms with Gasteiger partial charge < -0.3 is 19.7 Å². The molecule has 2 aromatic rings. The van der Waals surface area contributed by atoms with Crippen LogP contribution in [0.4, 0.5) is 24.1 Å². The molecular formula is C28H29F2N5O5. The van der Waals surface area contributed by atoms with Crippen LogP contribution in [0.3, 0.4) is 0 Å². The van der Waals surface area contributed by atoms with Crippen molar-refractivity contribution >= 4 is 23.8 Å². The zero-order valence-corrected chi connectivity index (χ0v) is 22.5. The molecule has 1 saturated carbocycles. The van der Waals surface area contributed by atoms with Gasteiger partial charge in [-0.25, -0.2) is 18.4 Å². The molecular weight excluding hydrogens is 524 g/mol. The van der Waals surface area contributed by atoms with Crippen LogP contribution < -0.4 is 10.2 Å². The number of ether oxygens (including phenoxy) is 2. The number of nitriles is 1. The fraction of sp³-hybridized carbons (Fsp3) is 0.464. The maximum atomic E-state index is 15.2. The third kappa shape index (κ3) is 4.80. The van der Waals surface area contributed by atoms with Gasteiger partial charge in [-0.05, 0) is 39.0 Å². The lowest BCUT2D eigenvalue weighted by Crippen LogP contribution is -2.39. The Kier molecular flexibility index (Phi) is 6.64. The minimum Gasteiger partial charge on any atom is -0.444 e. The van der Waals surface area contributed by atoms with Crippen LogP contribution in [-0.2, 0) is 19.7 Å². The molecule has 40 heavy (non-hydrogen) atoms. The SMILES string of the molecule is CC(=O)NC[C@H]1CN(c2cc(F)c(-c3ccc(C4(C#N)[C@@H]5CN(C(=O)OC(C)(C)C)C[C@@H]54)nc3)c(F)c2)C(=O)O1. The molecule has 3 amide bonds. The van der Waals surface area contributed by atoms with Crippen LogP contribution in [0.2, 0.25) is 0 Å². The Hall–Kier alpha value is -4.27. The molecule has 210 valence electrons. The zero-order valence-electron chi connectivity index (χ0n) is 22.5. The highest BCUT2D eigenvalue weighted by Gasteiger charge is 2.71. The van der Waals surface area contributed by atoms with E-state index in [2.05, 4.69) is 16.4 Å². The summed E-state index contributed by atoms with van der Waals surface area (Å²) in [6.45, 7) is 7.54. The summed E-state index contributed by atoms with van der Waals surface area (Å²) in [5.74, 6) is -2.29. The van der Waals surface area contributed by atoms with Gasteiger partial charge in [0.25, 0.3) is 0 Å². The Morgan fingerprint density at radius 2 is 1.85 bits per heavy atom. The van der Waals surface area contributed by atoms with E-state index in [4.69, 9.17) is 9.47 Å². The van der Waals surface area contributed by atoms with E-state index in [1.54, 1.807) is 31.7 Å². The van der Waals surface area contributed by atoms with Gasteiger partial charge >= 0.3 is 12.2 Å². The molecule has 3 fully saturated rings. The lowest BCUT2D eigenvalue weighted by atomic mass is 9.95. The maximum absolute atomic E-state index is 15.2. The van der Waals surface area contributed by atoms with Crippen LogP contribution in [0.5, 0.6) is 0 Å². The number of aromatic nitrogens is 1. The highest BCUT2D eigenvalue weighted by atomic mass is 19.1. The van der Waals surface area contributed by atoms with Crippen molar-refractivity contribution in [2.75, 3.05) is 31.1 Å². The van der Waals surface area contributed by atoms with Crippen molar-refractivity contribution in [3.8, 4) is 17.2 Å². The topological polar surface area (TPSA) is 125 Å². The standard InChI is InChI=1S/C28H29F2N5O5/c1-15(36)32-10-18-11-35(26(38)39-18)17-7-21(29)24(22(30)8-17)16-5-6-23(33-9-16)28(14-31)19-12-34(13-20(19)28)25(37)40-27(2,3)4/h5-9,18-20H,10-13H2,1-4H3,(H,32,36)/t18-,19-,20+,28?/m0/s1. The fourth-order valence-corrected chi connectivity index (χ4v) is 5.58. The number of cyclic esters (lactones) is 1. The Bertz CT molecular complexity index is 1380. The Morgan fingerprint density at radius 1 is 1.20 bits per heavy atom. The summed E-state index contributed by atoms with van der Waals surface area (Å²) < 4.78 is 40.9. The lowest BCUT2D eigenvalue weighted by molar-refractivity contribution is -0.119. The van der Waals surface area contributed by atoms with Gasteiger partial charge in [0.05, 0.1) is 36.1 Å². The molecule has 0 bridgehead atoms. The normalized spacial score (nSPS) is 25.2. The third-order valence-electron chi connectivity index (χ3n) is 7.48. The molecule has 1 unspecified atom stereocenters. The van der Waals surface area contributed by atoms with Crippen molar-refractivity contribution in [1.82, 2.24) is 15.2 Å². The Morgan fingerprint density at radius 3 is 2.38 bits per heavy atom. The molecule has 1 aliphatic carbocycles. The Balaban J connectivity index is 1.30. The number of nitrogens with zero attached hydrogens (tertiary/aromatic N) is 4. The van der Waals surface area contributed by atoms with Gasteiger partial charge in [-0.2, -0.15) is 5.26 Å². The molecule has 3 aliphatic rings. The molecule has 0 radical (unpaired) electrons.